The zero-order valence-electron chi connectivity index (χ0n) is 20.5. The van der Waals surface area contributed by atoms with E-state index in [1.54, 1.807) is 0 Å². The number of para-hydroxylation sites is 2. The zero-order valence-corrected chi connectivity index (χ0v) is 20.5. The topological polar surface area (TPSA) is 67.2 Å². The number of hydrogen-bond donors (Lipinski definition) is 1. The first-order valence-corrected chi connectivity index (χ1v) is 13.5. The number of rotatable bonds is 6. The Morgan fingerprint density at radius 2 is 1.68 bits per heavy atom. The number of carbonyl (C=O) groups excluding carboxylic acids is 2. The average Bonchev–Trinajstić information content (AvgIpc) is 3.15. The molecule has 4 bridgehead atoms. The molecule has 0 atom stereocenters. The summed E-state index contributed by atoms with van der Waals surface area (Å²) in [5.41, 5.74) is 1.81. The van der Waals surface area contributed by atoms with Crippen molar-refractivity contribution in [1.29, 1.82) is 0 Å². The van der Waals surface area contributed by atoms with Crippen LogP contribution in [0.25, 0.3) is 11.0 Å². The van der Waals surface area contributed by atoms with Gasteiger partial charge in [0, 0.05) is 31.5 Å². The molecule has 1 saturated heterocycles. The third kappa shape index (κ3) is 4.03. The molecule has 6 heteroatoms. The first-order chi connectivity index (χ1) is 16.5. The number of fused-ring (bicyclic) bond motifs is 1. The molecule has 5 aliphatic rings. The van der Waals surface area contributed by atoms with Crippen LogP contribution in [-0.4, -0.2) is 45.9 Å². The molecular weight excluding hydrogens is 424 g/mol. The standard InChI is InChI=1S/C28H38N4O2/c1-19-7-10-31(11-8-19)26(33)18-32-24-5-3-2-4-23(24)30-25(32)6-9-29-27(34)28-15-20-12-21(16-28)14-22(13-20)17-28/h2-5,19-22H,6-18H2,1H3,(H,29,34). The van der Waals surface area contributed by atoms with Crippen molar-refractivity contribution >= 4 is 22.8 Å². The molecule has 1 aromatic heterocycles. The molecule has 4 aliphatic carbocycles. The molecule has 2 aromatic rings. The SMILES string of the molecule is CC1CCN(C(=O)Cn2c(CCNC(=O)C34CC5CC(CC(C5)C3)C4)nc3ccccc32)CC1. The second-order valence-corrected chi connectivity index (χ2v) is 11.9. The number of carbonyl (C=O) groups is 2. The molecule has 34 heavy (non-hydrogen) atoms. The quantitative estimate of drug-likeness (QED) is 0.701. The van der Waals surface area contributed by atoms with Gasteiger partial charge in [-0.05, 0) is 87.2 Å². The van der Waals surface area contributed by atoms with E-state index in [-0.39, 0.29) is 17.2 Å². The smallest absolute Gasteiger partial charge is 0.242 e. The van der Waals surface area contributed by atoms with Crippen molar-refractivity contribution in [2.24, 2.45) is 29.1 Å². The van der Waals surface area contributed by atoms with Crippen molar-refractivity contribution in [2.45, 2.75) is 71.3 Å². The fraction of sp³-hybridized carbons (Fsp3) is 0.679. The van der Waals surface area contributed by atoms with Crippen molar-refractivity contribution in [3.8, 4) is 0 Å². The summed E-state index contributed by atoms with van der Waals surface area (Å²) < 4.78 is 2.08. The van der Waals surface area contributed by atoms with E-state index in [2.05, 4.69) is 16.8 Å². The second-order valence-electron chi connectivity index (χ2n) is 11.9. The maximum absolute atomic E-state index is 13.4. The first kappa shape index (κ1) is 22.1. The van der Waals surface area contributed by atoms with Crippen LogP contribution in [0.2, 0.25) is 0 Å². The molecule has 0 unspecified atom stereocenters. The van der Waals surface area contributed by atoms with Crippen LogP contribution >= 0.6 is 0 Å². The van der Waals surface area contributed by atoms with Crippen molar-refractivity contribution in [3.05, 3.63) is 30.1 Å². The van der Waals surface area contributed by atoms with Gasteiger partial charge in [0.25, 0.3) is 0 Å². The summed E-state index contributed by atoms with van der Waals surface area (Å²) in [5.74, 6) is 4.35. The summed E-state index contributed by atoms with van der Waals surface area (Å²) >= 11 is 0. The van der Waals surface area contributed by atoms with E-state index in [1.807, 2.05) is 29.2 Å². The van der Waals surface area contributed by atoms with E-state index < -0.39 is 0 Å². The van der Waals surface area contributed by atoms with Gasteiger partial charge in [-0.3, -0.25) is 9.59 Å². The Bertz CT molecular complexity index is 1050. The molecule has 2 heterocycles. The highest BCUT2D eigenvalue weighted by atomic mass is 16.2. The highest BCUT2D eigenvalue weighted by Crippen LogP contribution is 2.60. The fourth-order valence-corrected chi connectivity index (χ4v) is 7.85. The Morgan fingerprint density at radius 1 is 1.03 bits per heavy atom. The van der Waals surface area contributed by atoms with Crippen LogP contribution in [0.15, 0.2) is 24.3 Å². The minimum Gasteiger partial charge on any atom is -0.355 e. The third-order valence-electron chi connectivity index (χ3n) is 9.32. The van der Waals surface area contributed by atoms with Crippen LogP contribution in [0.4, 0.5) is 0 Å². The van der Waals surface area contributed by atoms with Gasteiger partial charge < -0.3 is 14.8 Å². The summed E-state index contributed by atoms with van der Waals surface area (Å²) in [7, 11) is 0. The Labute approximate surface area is 202 Å². The molecule has 6 nitrogen and oxygen atoms in total. The van der Waals surface area contributed by atoms with Gasteiger partial charge in [-0.25, -0.2) is 4.98 Å². The molecule has 0 radical (unpaired) electrons. The third-order valence-corrected chi connectivity index (χ3v) is 9.32. The lowest BCUT2D eigenvalue weighted by Gasteiger charge is -2.55. The van der Waals surface area contributed by atoms with Gasteiger partial charge >= 0.3 is 0 Å². The number of hydrogen-bond acceptors (Lipinski definition) is 3. The van der Waals surface area contributed by atoms with Gasteiger partial charge in [-0.1, -0.05) is 19.1 Å². The molecule has 1 aliphatic heterocycles. The molecule has 182 valence electrons. The summed E-state index contributed by atoms with van der Waals surface area (Å²) in [6, 6.07) is 8.06. The summed E-state index contributed by atoms with van der Waals surface area (Å²) in [4.78, 5) is 33.3. The van der Waals surface area contributed by atoms with Gasteiger partial charge in [0.1, 0.15) is 12.4 Å². The average molecular weight is 463 g/mol. The molecule has 0 spiro atoms. The number of amides is 2. The van der Waals surface area contributed by atoms with Crippen molar-refractivity contribution in [1.82, 2.24) is 19.8 Å². The Morgan fingerprint density at radius 3 is 2.35 bits per heavy atom. The number of nitrogens with one attached hydrogen (secondary N) is 1. The Kier molecular flexibility index (Phi) is 5.65. The summed E-state index contributed by atoms with van der Waals surface area (Å²) in [6.45, 7) is 4.87. The molecule has 4 saturated carbocycles. The number of imidazole rings is 1. The molecule has 2 amide bonds. The normalized spacial score (nSPS) is 30.7. The predicted molar refractivity (Wildman–Crippen MR) is 132 cm³/mol. The minimum absolute atomic E-state index is 0.115. The van der Waals surface area contributed by atoms with E-state index in [9.17, 15) is 9.59 Å². The van der Waals surface area contributed by atoms with Crippen LogP contribution in [0.3, 0.4) is 0 Å². The van der Waals surface area contributed by atoms with E-state index in [4.69, 9.17) is 4.98 Å². The molecule has 5 fully saturated rings. The largest absolute Gasteiger partial charge is 0.355 e. The highest BCUT2D eigenvalue weighted by molar-refractivity contribution is 5.83. The van der Waals surface area contributed by atoms with E-state index in [0.717, 1.165) is 79.8 Å². The Balaban J connectivity index is 1.14. The van der Waals surface area contributed by atoms with E-state index in [1.165, 1.54) is 19.3 Å². The highest BCUT2D eigenvalue weighted by Gasteiger charge is 2.54. The van der Waals surface area contributed by atoms with Crippen molar-refractivity contribution in [2.75, 3.05) is 19.6 Å². The van der Waals surface area contributed by atoms with Crippen LogP contribution in [0.1, 0.15) is 64.1 Å². The number of benzene rings is 1. The number of aromatic nitrogens is 2. The van der Waals surface area contributed by atoms with E-state index in [0.29, 0.717) is 25.4 Å². The maximum atomic E-state index is 13.4. The zero-order chi connectivity index (χ0) is 23.3. The lowest BCUT2D eigenvalue weighted by Crippen LogP contribution is -2.53. The van der Waals surface area contributed by atoms with Gasteiger partial charge in [0.15, 0.2) is 0 Å². The fourth-order valence-electron chi connectivity index (χ4n) is 7.85. The van der Waals surface area contributed by atoms with Crippen LogP contribution in [-0.2, 0) is 22.6 Å². The first-order valence-electron chi connectivity index (χ1n) is 13.5. The van der Waals surface area contributed by atoms with Crippen LogP contribution in [0.5, 0.6) is 0 Å². The Hall–Kier alpha value is -2.37. The second kappa shape index (κ2) is 8.69. The van der Waals surface area contributed by atoms with Crippen LogP contribution in [0, 0.1) is 29.1 Å². The predicted octanol–water partition coefficient (Wildman–Crippen LogP) is 4.17. The molecule has 7 rings (SSSR count). The van der Waals surface area contributed by atoms with Crippen molar-refractivity contribution in [3.63, 3.8) is 0 Å². The monoisotopic (exact) mass is 462 g/mol. The number of likely N-dealkylation sites (tertiary alicyclic amines) is 1. The molecule has 1 N–H and O–H groups in total. The van der Waals surface area contributed by atoms with Gasteiger partial charge in [0.2, 0.25) is 11.8 Å². The molecule has 1 aromatic carbocycles. The lowest BCUT2D eigenvalue weighted by molar-refractivity contribution is -0.146. The molecular formula is C28H38N4O2. The number of nitrogens with zero attached hydrogens (tertiary/aromatic N) is 3. The summed E-state index contributed by atoms with van der Waals surface area (Å²) in [5, 5.41) is 3.29. The van der Waals surface area contributed by atoms with E-state index >= 15 is 0 Å². The maximum Gasteiger partial charge on any atom is 0.242 e. The van der Waals surface area contributed by atoms with Gasteiger partial charge in [-0.2, -0.15) is 0 Å². The van der Waals surface area contributed by atoms with Gasteiger partial charge in [0.05, 0.1) is 11.0 Å². The lowest BCUT2D eigenvalue weighted by atomic mass is 9.49. The summed E-state index contributed by atoms with van der Waals surface area (Å²) in [6.07, 6.45) is 10.1. The van der Waals surface area contributed by atoms with Crippen molar-refractivity contribution < 1.29 is 9.59 Å². The van der Waals surface area contributed by atoms with Gasteiger partial charge in [-0.15, -0.1) is 0 Å². The minimum atomic E-state index is -0.115. The number of piperidine rings is 1. The van der Waals surface area contributed by atoms with Crippen LogP contribution < -0.4 is 5.32 Å².